The summed E-state index contributed by atoms with van der Waals surface area (Å²) in [5.41, 5.74) is 2.37. The molecule has 0 aromatic rings. The molecule has 0 aromatic heterocycles. The van der Waals surface area contributed by atoms with Gasteiger partial charge in [-0.25, -0.2) is 0 Å². The molecule has 0 aliphatic heterocycles. The first kappa shape index (κ1) is 24.8. The zero-order valence-electron chi connectivity index (χ0n) is 17.7. The van der Waals surface area contributed by atoms with Crippen LogP contribution in [0.25, 0.3) is 0 Å². The summed E-state index contributed by atoms with van der Waals surface area (Å²) >= 11 is 0. The van der Waals surface area contributed by atoms with Crippen LogP contribution in [0.3, 0.4) is 0 Å². The van der Waals surface area contributed by atoms with Gasteiger partial charge in [0.05, 0.1) is 18.3 Å². The Morgan fingerprint density at radius 2 is 1.19 bits per heavy atom. The Kier molecular flexibility index (Phi) is 10.9. The van der Waals surface area contributed by atoms with Crippen LogP contribution >= 0.6 is 0 Å². The van der Waals surface area contributed by atoms with Crippen LogP contribution in [-0.4, -0.2) is 39.4 Å². The van der Waals surface area contributed by atoms with E-state index in [9.17, 15) is 20.1 Å². The molecule has 0 amide bonds. The van der Waals surface area contributed by atoms with Crippen LogP contribution in [0.1, 0.15) is 61.8 Å². The smallest absolute Gasteiger partial charge is 0.138 e. The van der Waals surface area contributed by atoms with E-state index < -0.39 is 24.2 Å². The molecule has 0 radical (unpaired) electrons. The van der Waals surface area contributed by atoms with Gasteiger partial charge >= 0.3 is 0 Å². The van der Waals surface area contributed by atoms with Crippen molar-refractivity contribution in [3.8, 4) is 0 Å². The molecule has 0 saturated heterocycles. The fourth-order valence-corrected chi connectivity index (χ4v) is 3.10. The molecule has 0 saturated carbocycles. The van der Waals surface area contributed by atoms with Crippen molar-refractivity contribution in [1.29, 1.82) is 0 Å². The second-order valence-corrected chi connectivity index (χ2v) is 7.52. The minimum atomic E-state index is -0.834. The number of rotatable bonds is 10. The third-order valence-electron chi connectivity index (χ3n) is 5.23. The summed E-state index contributed by atoms with van der Waals surface area (Å²) in [5, 5.41) is 31.2. The Morgan fingerprint density at radius 3 is 1.58 bits per heavy atom. The Bertz CT molecular complexity index is 544. The molecule has 26 heavy (non-hydrogen) atoms. The molecule has 0 rings (SSSR count). The third kappa shape index (κ3) is 7.18. The van der Waals surface area contributed by atoms with Gasteiger partial charge in [0.1, 0.15) is 5.78 Å². The third-order valence-corrected chi connectivity index (χ3v) is 5.23. The maximum atomic E-state index is 11.8. The van der Waals surface area contributed by atoms with Gasteiger partial charge in [-0.05, 0) is 44.4 Å². The van der Waals surface area contributed by atoms with Gasteiger partial charge < -0.3 is 15.3 Å². The molecule has 4 heteroatoms. The van der Waals surface area contributed by atoms with Crippen molar-refractivity contribution in [3.05, 3.63) is 34.9 Å². The topological polar surface area (TPSA) is 77.8 Å². The largest absolute Gasteiger partial charge is 0.388 e. The molecule has 0 unspecified atom stereocenters. The maximum absolute atomic E-state index is 11.8. The van der Waals surface area contributed by atoms with E-state index in [4.69, 9.17) is 0 Å². The van der Waals surface area contributed by atoms with Crippen LogP contribution in [0.5, 0.6) is 0 Å². The summed E-state index contributed by atoms with van der Waals surface area (Å²) in [5.74, 6) is -0.740. The predicted octanol–water partition coefficient (Wildman–Crippen LogP) is 3.82. The molecule has 0 bridgehead atoms. The lowest BCUT2D eigenvalue weighted by atomic mass is 9.88. The first-order valence-electron chi connectivity index (χ1n) is 9.54. The Labute approximate surface area is 159 Å². The lowest BCUT2D eigenvalue weighted by Gasteiger charge is -2.23. The van der Waals surface area contributed by atoms with E-state index in [1.165, 1.54) is 0 Å². The normalized spacial score (nSPS) is 21.0. The quantitative estimate of drug-likeness (QED) is 0.514. The van der Waals surface area contributed by atoms with E-state index >= 15 is 0 Å². The van der Waals surface area contributed by atoms with Gasteiger partial charge in [-0.2, -0.15) is 0 Å². The number of carbonyl (C=O) groups is 1. The molecule has 150 valence electrons. The van der Waals surface area contributed by atoms with E-state index in [0.717, 1.165) is 11.1 Å². The monoisotopic (exact) mass is 366 g/mol. The molecule has 3 N–H and O–H groups in total. The summed E-state index contributed by atoms with van der Waals surface area (Å²) in [4.78, 5) is 11.8. The number of hydrogen-bond acceptors (Lipinski definition) is 4. The maximum Gasteiger partial charge on any atom is 0.138 e. The van der Waals surface area contributed by atoms with Crippen LogP contribution < -0.4 is 0 Å². The minimum Gasteiger partial charge on any atom is -0.388 e. The number of Topliss-reactive ketones (excluding diaryl/α,β-unsaturated/α-hetero) is 1. The summed E-state index contributed by atoms with van der Waals surface area (Å²) in [6, 6.07) is 0. The summed E-state index contributed by atoms with van der Waals surface area (Å²) in [6.45, 7) is 14.7. The minimum absolute atomic E-state index is 0.0247. The highest BCUT2D eigenvalue weighted by atomic mass is 16.3. The number of aliphatic hydroxyl groups is 3. The molecule has 0 fully saturated rings. The number of carbonyl (C=O) groups excluding carboxylic acids is 1. The van der Waals surface area contributed by atoms with Gasteiger partial charge in [0.25, 0.3) is 0 Å². The van der Waals surface area contributed by atoms with E-state index in [2.05, 4.69) is 0 Å². The number of ketones is 1. The highest BCUT2D eigenvalue weighted by molar-refractivity contribution is 5.81. The Balaban J connectivity index is 5.16. The predicted molar refractivity (Wildman–Crippen MR) is 108 cm³/mol. The lowest BCUT2D eigenvalue weighted by molar-refractivity contribution is -0.124. The van der Waals surface area contributed by atoms with Crippen molar-refractivity contribution in [1.82, 2.24) is 0 Å². The molecule has 4 nitrogen and oxygen atoms in total. The second kappa shape index (κ2) is 11.5. The summed E-state index contributed by atoms with van der Waals surface area (Å²) in [7, 11) is 0. The average Bonchev–Trinajstić information content (AvgIpc) is 2.63. The Morgan fingerprint density at radius 1 is 0.808 bits per heavy atom. The number of hydrogen-bond donors (Lipinski definition) is 3. The van der Waals surface area contributed by atoms with Crippen molar-refractivity contribution >= 4 is 5.78 Å². The van der Waals surface area contributed by atoms with Crippen molar-refractivity contribution in [2.24, 2.45) is 17.8 Å². The Hall–Kier alpha value is -1.23. The van der Waals surface area contributed by atoms with Gasteiger partial charge in [0.15, 0.2) is 0 Å². The number of allylic oxidation sites excluding steroid dienone is 1. The molecule has 0 spiro atoms. The number of aliphatic hydroxyl groups excluding tert-OH is 3. The molecule has 6 atom stereocenters. The first-order chi connectivity index (χ1) is 12.0. The first-order valence-corrected chi connectivity index (χ1v) is 9.54. The van der Waals surface area contributed by atoms with Crippen LogP contribution in [0.2, 0.25) is 0 Å². The molecule has 0 aromatic carbocycles. The molecule has 0 aliphatic carbocycles. The van der Waals surface area contributed by atoms with Gasteiger partial charge in [0, 0.05) is 24.2 Å². The lowest BCUT2D eigenvalue weighted by Crippen LogP contribution is -2.27. The van der Waals surface area contributed by atoms with Crippen molar-refractivity contribution in [3.63, 3.8) is 0 Å². The highest BCUT2D eigenvalue weighted by Gasteiger charge is 2.24. The standard InChI is InChI=1S/C22H38O4/c1-9-13(3)20(24)14(4)11-15(5)21(25)16(6)12-17(7)22(26)18(8)19(23)10-2/h9,11-12,14,16,18,20-22,24-26H,10H2,1-8H3/b13-9+,15-11+,17-12+/t14-,16-,18-,20+,21+,22+/m0/s1. The summed E-state index contributed by atoms with van der Waals surface area (Å²) in [6.07, 6.45) is 3.88. The average molecular weight is 367 g/mol. The molecular formula is C22H38O4. The molecular weight excluding hydrogens is 328 g/mol. The van der Waals surface area contributed by atoms with Crippen molar-refractivity contribution < 1.29 is 20.1 Å². The second-order valence-electron chi connectivity index (χ2n) is 7.52. The van der Waals surface area contributed by atoms with Crippen LogP contribution in [-0.2, 0) is 4.79 Å². The van der Waals surface area contributed by atoms with E-state index in [1.54, 1.807) is 20.8 Å². The van der Waals surface area contributed by atoms with E-state index in [1.807, 2.05) is 52.8 Å². The molecule has 0 aliphatic rings. The zero-order chi connectivity index (χ0) is 20.6. The fourth-order valence-electron chi connectivity index (χ4n) is 3.10. The van der Waals surface area contributed by atoms with Crippen LogP contribution in [0.15, 0.2) is 34.9 Å². The van der Waals surface area contributed by atoms with Gasteiger partial charge in [0.2, 0.25) is 0 Å². The highest BCUT2D eigenvalue weighted by Crippen LogP contribution is 2.22. The van der Waals surface area contributed by atoms with Crippen LogP contribution in [0, 0.1) is 17.8 Å². The SMILES string of the molecule is C/C=C(\C)[C@@H](O)[C@@H](C)/C=C(\C)[C@@H](O)[C@@H](C)/C=C(\C)[C@@H](O)[C@@H](C)C(=O)CC. The van der Waals surface area contributed by atoms with Crippen molar-refractivity contribution in [2.45, 2.75) is 80.1 Å². The van der Waals surface area contributed by atoms with Crippen LogP contribution in [0.4, 0.5) is 0 Å². The zero-order valence-corrected chi connectivity index (χ0v) is 17.7. The van der Waals surface area contributed by atoms with Gasteiger partial charge in [-0.15, -0.1) is 0 Å². The van der Waals surface area contributed by atoms with Crippen molar-refractivity contribution in [2.75, 3.05) is 0 Å². The fraction of sp³-hybridized carbons (Fsp3) is 0.682. The van der Waals surface area contributed by atoms with E-state index in [-0.39, 0.29) is 17.6 Å². The van der Waals surface area contributed by atoms with Gasteiger partial charge in [-0.3, -0.25) is 4.79 Å². The molecule has 0 heterocycles. The van der Waals surface area contributed by atoms with Gasteiger partial charge in [-0.1, -0.05) is 45.9 Å². The van der Waals surface area contributed by atoms with E-state index in [0.29, 0.717) is 12.0 Å². The summed E-state index contributed by atoms with van der Waals surface area (Å²) < 4.78 is 0.